The van der Waals surface area contributed by atoms with Gasteiger partial charge in [-0.25, -0.2) is 0 Å². The van der Waals surface area contributed by atoms with Gasteiger partial charge in [0.1, 0.15) is 6.54 Å². The van der Waals surface area contributed by atoms with E-state index in [0.29, 0.717) is 23.0 Å². The normalized spacial score (nSPS) is 10.5. The van der Waals surface area contributed by atoms with E-state index in [1.54, 1.807) is 6.07 Å². The number of hydrogen-bond acceptors (Lipinski definition) is 4. The molecule has 1 heterocycles. The number of nitrogens with zero attached hydrogens (tertiary/aromatic N) is 4. The van der Waals surface area contributed by atoms with Crippen molar-refractivity contribution >= 4 is 17.5 Å². The van der Waals surface area contributed by atoms with Crippen LogP contribution in [0.1, 0.15) is 19.8 Å². The monoisotopic (exact) mass is 293 g/mol. The molecule has 0 fully saturated rings. The summed E-state index contributed by atoms with van der Waals surface area (Å²) in [5.74, 6) is 0.290. The van der Waals surface area contributed by atoms with Crippen molar-refractivity contribution in [1.82, 2.24) is 25.5 Å². The number of amides is 1. The number of tetrazole rings is 1. The molecule has 0 aliphatic heterocycles. The number of halogens is 1. The zero-order valence-corrected chi connectivity index (χ0v) is 12.0. The SMILES string of the molecule is CCCCNC(=O)Cn1nnc(-c2ccccc2Cl)n1. The average Bonchev–Trinajstić information content (AvgIpc) is 2.88. The van der Waals surface area contributed by atoms with Gasteiger partial charge in [0.2, 0.25) is 11.7 Å². The number of hydrogen-bond donors (Lipinski definition) is 1. The summed E-state index contributed by atoms with van der Waals surface area (Å²) in [5.41, 5.74) is 0.701. The molecule has 2 aromatic rings. The highest BCUT2D eigenvalue weighted by atomic mass is 35.5. The fourth-order valence-corrected chi connectivity index (χ4v) is 1.87. The summed E-state index contributed by atoms with van der Waals surface area (Å²) in [6.45, 7) is 2.80. The second-order valence-electron chi connectivity index (χ2n) is 4.33. The Bertz CT molecular complexity index is 584. The molecule has 0 spiro atoms. The van der Waals surface area contributed by atoms with E-state index in [1.165, 1.54) is 4.80 Å². The van der Waals surface area contributed by atoms with Gasteiger partial charge in [0.15, 0.2) is 0 Å². The second kappa shape index (κ2) is 7.00. The Morgan fingerprint density at radius 3 is 2.95 bits per heavy atom. The van der Waals surface area contributed by atoms with Crippen LogP contribution in [-0.4, -0.2) is 32.7 Å². The molecular weight excluding hydrogens is 278 g/mol. The molecule has 0 atom stereocenters. The highest BCUT2D eigenvalue weighted by Gasteiger charge is 2.11. The summed E-state index contributed by atoms with van der Waals surface area (Å²) >= 11 is 6.06. The van der Waals surface area contributed by atoms with Gasteiger partial charge in [0.05, 0.1) is 5.02 Å². The maximum absolute atomic E-state index is 11.6. The maximum atomic E-state index is 11.6. The molecule has 0 bridgehead atoms. The van der Waals surface area contributed by atoms with Gasteiger partial charge in [0, 0.05) is 12.1 Å². The van der Waals surface area contributed by atoms with Crippen LogP contribution in [0.4, 0.5) is 0 Å². The predicted octanol–water partition coefficient (Wildman–Crippen LogP) is 1.91. The van der Waals surface area contributed by atoms with Crippen molar-refractivity contribution in [3.8, 4) is 11.4 Å². The maximum Gasteiger partial charge on any atom is 0.243 e. The first kappa shape index (κ1) is 14.5. The second-order valence-corrected chi connectivity index (χ2v) is 4.73. The Balaban J connectivity index is 1.99. The molecule has 7 heteroatoms. The van der Waals surface area contributed by atoms with Crippen LogP contribution in [0.25, 0.3) is 11.4 Å². The summed E-state index contributed by atoms with van der Waals surface area (Å²) in [7, 11) is 0. The van der Waals surface area contributed by atoms with Crippen LogP contribution < -0.4 is 5.32 Å². The Morgan fingerprint density at radius 2 is 2.20 bits per heavy atom. The largest absolute Gasteiger partial charge is 0.354 e. The number of rotatable bonds is 6. The van der Waals surface area contributed by atoms with Crippen molar-refractivity contribution in [3.63, 3.8) is 0 Å². The molecule has 1 aromatic heterocycles. The Morgan fingerprint density at radius 1 is 1.40 bits per heavy atom. The van der Waals surface area contributed by atoms with Gasteiger partial charge in [0.25, 0.3) is 0 Å². The fourth-order valence-electron chi connectivity index (χ4n) is 1.65. The molecule has 1 N–H and O–H groups in total. The van der Waals surface area contributed by atoms with Gasteiger partial charge < -0.3 is 5.32 Å². The van der Waals surface area contributed by atoms with E-state index < -0.39 is 0 Å². The lowest BCUT2D eigenvalue weighted by Gasteiger charge is -2.02. The molecule has 2 rings (SSSR count). The van der Waals surface area contributed by atoms with Crippen LogP contribution in [0.5, 0.6) is 0 Å². The molecule has 0 unspecified atom stereocenters. The number of aromatic nitrogens is 4. The lowest BCUT2D eigenvalue weighted by Crippen LogP contribution is -2.29. The molecule has 0 aliphatic carbocycles. The van der Waals surface area contributed by atoms with Crippen molar-refractivity contribution in [3.05, 3.63) is 29.3 Å². The Labute approximate surface area is 122 Å². The fraction of sp³-hybridized carbons (Fsp3) is 0.385. The van der Waals surface area contributed by atoms with Crippen LogP contribution >= 0.6 is 11.6 Å². The van der Waals surface area contributed by atoms with Gasteiger partial charge in [-0.2, -0.15) is 4.80 Å². The van der Waals surface area contributed by atoms with E-state index >= 15 is 0 Å². The first-order valence-corrected chi connectivity index (χ1v) is 6.88. The topological polar surface area (TPSA) is 72.7 Å². The number of carbonyl (C=O) groups excluding carboxylic acids is 1. The molecular formula is C13H16ClN5O. The van der Waals surface area contributed by atoms with Crippen LogP contribution in [0, 0.1) is 0 Å². The van der Waals surface area contributed by atoms with Crippen molar-refractivity contribution in [2.75, 3.05) is 6.54 Å². The van der Waals surface area contributed by atoms with Crippen molar-refractivity contribution in [2.24, 2.45) is 0 Å². The summed E-state index contributed by atoms with van der Waals surface area (Å²) in [6, 6.07) is 7.25. The molecule has 0 radical (unpaired) electrons. The minimum atomic E-state index is -0.124. The predicted molar refractivity (Wildman–Crippen MR) is 76.2 cm³/mol. The van der Waals surface area contributed by atoms with Gasteiger partial charge in [-0.3, -0.25) is 4.79 Å². The number of benzene rings is 1. The summed E-state index contributed by atoms with van der Waals surface area (Å²) < 4.78 is 0. The smallest absolute Gasteiger partial charge is 0.243 e. The van der Waals surface area contributed by atoms with Crippen LogP contribution in [0.15, 0.2) is 24.3 Å². The van der Waals surface area contributed by atoms with Crippen LogP contribution in [0.3, 0.4) is 0 Å². The third kappa shape index (κ3) is 3.77. The molecule has 0 saturated heterocycles. The van der Waals surface area contributed by atoms with Crippen molar-refractivity contribution in [1.29, 1.82) is 0 Å². The van der Waals surface area contributed by atoms with Crippen molar-refractivity contribution < 1.29 is 4.79 Å². The zero-order valence-electron chi connectivity index (χ0n) is 11.2. The summed E-state index contributed by atoms with van der Waals surface area (Å²) in [6.07, 6.45) is 2.00. The van der Waals surface area contributed by atoms with Gasteiger partial charge >= 0.3 is 0 Å². The summed E-state index contributed by atoms with van der Waals surface area (Å²) in [4.78, 5) is 12.9. The highest BCUT2D eigenvalue weighted by molar-refractivity contribution is 6.33. The Kier molecular flexibility index (Phi) is 5.06. The molecule has 106 valence electrons. The van der Waals surface area contributed by atoms with Crippen LogP contribution in [0.2, 0.25) is 5.02 Å². The molecule has 1 amide bonds. The molecule has 1 aromatic carbocycles. The first-order chi connectivity index (χ1) is 9.70. The van der Waals surface area contributed by atoms with Crippen molar-refractivity contribution in [2.45, 2.75) is 26.3 Å². The number of unbranched alkanes of at least 4 members (excludes halogenated alkanes) is 1. The number of carbonyl (C=O) groups is 1. The minimum absolute atomic E-state index is 0.0567. The lowest BCUT2D eigenvalue weighted by atomic mass is 10.2. The molecule has 6 nitrogen and oxygen atoms in total. The Hall–Kier alpha value is -1.95. The lowest BCUT2D eigenvalue weighted by molar-refractivity contribution is -0.122. The minimum Gasteiger partial charge on any atom is -0.354 e. The van der Waals surface area contributed by atoms with E-state index in [4.69, 9.17) is 11.6 Å². The quantitative estimate of drug-likeness (QED) is 0.826. The van der Waals surface area contributed by atoms with E-state index in [-0.39, 0.29) is 12.5 Å². The van der Waals surface area contributed by atoms with Gasteiger partial charge in [-0.05, 0) is 23.8 Å². The third-order valence-corrected chi connectivity index (χ3v) is 3.03. The molecule has 0 saturated carbocycles. The van der Waals surface area contributed by atoms with E-state index in [9.17, 15) is 4.79 Å². The highest BCUT2D eigenvalue weighted by Crippen LogP contribution is 2.23. The first-order valence-electron chi connectivity index (χ1n) is 6.50. The number of nitrogens with one attached hydrogen (secondary N) is 1. The molecule has 0 aliphatic rings. The van der Waals surface area contributed by atoms with Crippen LogP contribution in [-0.2, 0) is 11.3 Å². The van der Waals surface area contributed by atoms with E-state index in [1.807, 2.05) is 18.2 Å². The zero-order chi connectivity index (χ0) is 14.4. The van der Waals surface area contributed by atoms with E-state index in [0.717, 1.165) is 12.8 Å². The average molecular weight is 294 g/mol. The summed E-state index contributed by atoms with van der Waals surface area (Å²) in [5, 5.41) is 15.3. The molecule has 20 heavy (non-hydrogen) atoms. The van der Waals surface area contributed by atoms with Gasteiger partial charge in [-0.1, -0.05) is 37.1 Å². The van der Waals surface area contributed by atoms with E-state index in [2.05, 4.69) is 27.7 Å². The standard InChI is InChI=1S/C13H16ClN5O/c1-2-3-8-15-12(20)9-19-17-13(16-18-19)10-6-4-5-7-11(10)14/h4-7H,2-3,8-9H2,1H3,(H,15,20). The third-order valence-electron chi connectivity index (χ3n) is 2.71. The van der Waals surface area contributed by atoms with Gasteiger partial charge in [-0.15, -0.1) is 10.2 Å².